The average molecular weight is 276 g/mol. The summed E-state index contributed by atoms with van der Waals surface area (Å²) < 4.78 is 19.0. The lowest BCUT2D eigenvalue weighted by Gasteiger charge is -2.29. The number of benzene rings is 1. The smallest absolute Gasteiger partial charge is 0.157 e. The van der Waals surface area contributed by atoms with E-state index in [2.05, 4.69) is 0 Å². The van der Waals surface area contributed by atoms with E-state index in [1.165, 1.54) is 4.90 Å². The van der Waals surface area contributed by atoms with Crippen molar-refractivity contribution in [3.8, 4) is 0 Å². The summed E-state index contributed by atoms with van der Waals surface area (Å²) >= 11 is 0. The first-order chi connectivity index (χ1) is 9.81. The normalized spacial score (nSPS) is 22.9. The molecule has 4 heteroatoms. The van der Waals surface area contributed by atoms with Gasteiger partial charge < -0.3 is 14.2 Å². The van der Waals surface area contributed by atoms with Gasteiger partial charge in [0.1, 0.15) is 45.1 Å². The van der Waals surface area contributed by atoms with Crippen LogP contribution >= 0.6 is 0 Å². The molecule has 106 valence electrons. The minimum Gasteiger partial charge on any atom is -0.463 e. The molecule has 20 heavy (non-hydrogen) atoms. The standard InChI is InChI=1S/C16H19FN2O/c17-16-6-2-1-4-14(16)12-18-7-9-19(10-8-18)13-15-5-3-11-20-15/h1-6,11H,7-10,12-13H2/p+2. The van der Waals surface area contributed by atoms with Crippen molar-refractivity contribution in [2.45, 2.75) is 13.1 Å². The Labute approximate surface area is 118 Å². The van der Waals surface area contributed by atoms with Gasteiger partial charge in [-0.15, -0.1) is 0 Å². The van der Waals surface area contributed by atoms with E-state index < -0.39 is 0 Å². The molecule has 3 rings (SSSR count). The molecular weight excluding hydrogens is 255 g/mol. The quantitative estimate of drug-likeness (QED) is 0.800. The lowest BCUT2D eigenvalue weighted by molar-refractivity contribution is -1.02. The molecule has 2 heterocycles. The van der Waals surface area contributed by atoms with Crippen molar-refractivity contribution in [1.29, 1.82) is 0 Å². The van der Waals surface area contributed by atoms with E-state index in [0.717, 1.165) is 50.6 Å². The molecule has 1 aromatic carbocycles. The van der Waals surface area contributed by atoms with Gasteiger partial charge in [0, 0.05) is 5.56 Å². The van der Waals surface area contributed by atoms with Crippen molar-refractivity contribution in [1.82, 2.24) is 0 Å². The zero-order valence-corrected chi connectivity index (χ0v) is 11.6. The van der Waals surface area contributed by atoms with Crippen molar-refractivity contribution >= 4 is 0 Å². The van der Waals surface area contributed by atoms with E-state index in [-0.39, 0.29) is 5.82 Å². The molecule has 0 amide bonds. The zero-order chi connectivity index (χ0) is 13.8. The highest BCUT2D eigenvalue weighted by atomic mass is 19.1. The van der Waals surface area contributed by atoms with Crippen LogP contribution in [0.3, 0.4) is 0 Å². The van der Waals surface area contributed by atoms with E-state index in [0.29, 0.717) is 0 Å². The third-order valence-corrected chi connectivity index (χ3v) is 4.07. The molecule has 3 nitrogen and oxygen atoms in total. The molecule has 1 saturated heterocycles. The van der Waals surface area contributed by atoms with Gasteiger partial charge in [0.15, 0.2) is 5.76 Å². The molecule has 1 aliphatic rings. The summed E-state index contributed by atoms with van der Waals surface area (Å²) in [5.41, 5.74) is 0.831. The first-order valence-corrected chi connectivity index (χ1v) is 7.24. The molecule has 0 aliphatic carbocycles. The summed E-state index contributed by atoms with van der Waals surface area (Å²) in [6, 6.07) is 11.1. The van der Waals surface area contributed by atoms with Crippen LogP contribution in [0.1, 0.15) is 11.3 Å². The van der Waals surface area contributed by atoms with Crippen LogP contribution in [-0.2, 0) is 13.1 Å². The van der Waals surface area contributed by atoms with Crippen LogP contribution in [0.25, 0.3) is 0 Å². The number of hydrogen-bond donors (Lipinski definition) is 2. The third kappa shape index (κ3) is 3.26. The number of piperazine rings is 1. The van der Waals surface area contributed by atoms with E-state index >= 15 is 0 Å². The van der Waals surface area contributed by atoms with Gasteiger partial charge in [-0.25, -0.2) is 4.39 Å². The second-order valence-corrected chi connectivity index (χ2v) is 5.52. The topological polar surface area (TPSA) is 22.0 Å². The van der Waals surface area contributed by atoms with Gasteiger partial charge in [-0.05, 0) is 18.2 Å². The SMILES string of the molecule is Fc1ccccc1C[NH+]1CC[NH+](Cc2ccco2)CC1. The Morgan fingerprint density at radius 1 is 0.900 bits per heavy atom. The number of rotatable bonds is 4. The van der Waals surface area contributed by atoms with Gasteiger partial charge in [0.05, 0.1) is 6.26 Å². The fourth-order valence-corrected chi connectivity index (χ4v) is 2.88. The third-order valence-electron chi connectivity index (χ3n) is 4.07. The summed E-state index contributed by atoms with van der Waals surface area (Å²) in [5, 5.41) is 0. The largest absolute Gasteiger partial charge is 0.463 e. The van der Waals surface area contributed by atoms with Gasteiger partial charge in [-0.1, -0.05) is 18.2 Å². The summed E-state index contributed by atoms with van der Waals surface area (Å²) in [7, 11) is 0. The highest BCUT2D eigenvalue weighted by molar-refractivity contribution is 5.15. The van der Waals surface area contributed by atoms with Gasteiger partial charge in [0.25, 0.3) is 0 Å². The maximum absolute atomic E-state index is 13.6. The first kappa shape index (κ1) is 13.3. The predicted octanol–water partition coefficient (Wildman–Crippen LogP) is -0.0977. The molecule has 1 aromatic heterocycles. The number of hydrogen-bond acceptors (Lipinski definition) is 1. The first-order valence-electron chi connectivity index (χ1n) is 7.24. The molecule has 2 N–H and O–H groups in total. The zero-order valence-electron chi connectivity index (χ0n) is 11.6. The Bertz CT molecular complexity index is 533. The van der Waals surface area contributed by atoms with Crippen molar-refractivity contribution in [3.63, 3.8) is 0 Å². The highest BCUT2D eigenvalue weighted by Gasteiger charge is 2.24. The summed E-state index contributed by atoms with van der Waals surface area (Å²) in [6.07, 6.45) is 1.73. The van der Waals surface area contributed by atoms with Gasteiger partial charge in [0.2, 0.25) is 0 Å². The minimum atomic E-state index is -0.0784. The number of nitrogens with one attached hydrogen (secondary N) is 2. The highest BCUT2D eigenvalue weighted by Crippen LogP contribution is 2.04. The molecule has 2 aromatic rings. The second-order valence-electron chi connectivity index (χ2n) is 5.52. The number of furan rings is 1. The molecule has 1 fully saturated rings. The summed E-state index contributed by atoms with van der Waals surface area (Å²) in [5.74, 6) is 0.975. The molecule has 0 saturated carbocycles. The molecule has 0 radical (unpaired) electrons. The van der Waals surface area contributed by atoms with Crippen LogP contribution < -0.4 is 9.80 Å². The van der Waals surface area contributed by atoms with E-state index in [1.807, 2.05) is 24.3 Å². The number of quaternary nitrogens is 2. The Hall–Kier alpha value is -1.65. The van der Waals surface area contributed by atoms with Crippen LogP contribution in [0.4, 0.5) is 4.39 Å². The van der Waals surface area contributed by atoms with Crippen LogP contribution in [0.5, 0.6) is 0 Å². The van der Waals surface area contributed by atoms with Crippen molar-refractivity contribution in [3.05, 3.63) is 59.8 Å². The average Bonchev–Trinajstić information content (AvgIpc) is 2.96. The summed E-state index contributed by atoms with van der Waals surface area (Å²) in [4.78, 5) is 3.02. The number of halogens is 1. The Balaban J connectivity index is 1.50. The fourth-order valence-electron chi connectivity index (χ4n) is 2.88. The second kappa shape index (κ2) is 6.20. The van der Waals surface area contributed by atoms with E-state index in [9.17, 15) is 4.39 Å². The minimum absolute atomic E-state index is 0.0784. The predicted molar refractivity (Wildman–Crippen MR) is 73.9 cm³/mol. The Morgan fingerprint density at radius 3 is 2.25 bits per heavy atom. The van der Waals surface area contributed by atoms with Crippen LogP contribution in [0, 0.1) is 5.82 Å². The van der Waals surface area contributed by atoms with Crippen LogP contribution in [0.15, 0.2) is 47.1 Å². The lowest BCUT2D eigenvalue weighted by Crippen LogP contribution is -3.27. The van der Waals surface area contributed by atoms with E-state index in [4.69, 9.17) is 4.42 Å². The fraction of sp³-hybridized carbons (Fsp3) is 0.375. The maximum Gasteiger partial charge on any atom is 0.157 e. The molecule has 0 unspecified atom stereocenters. The molecule has 0 atom stereocenters. The Kier molecular flexibility index (Phi) is 4.14. The lowest BCUT2D eigenvalue weighted by atomic mass is 10.2. The van der Waals surface area contributed by atoms with E-state index in [1.54, 1.807) is 23.3 Å². The van der Waals surface area contributed by atoms with Crippen molar-refractivity contribution < 1.29 is 18.6 Å². The molecule has 0 bridgehead atoms. The Morgan fingerprint density at radius 2 is 1.60 bits per heavy atom. The summed E-state index contributed by atoms with van der Waals surface area (Å²) in [6.45, 7) is 6.16. The van der Waals surface area contributed by atoms with Crippen LogP contribution in [-0.4, -0.2) is 26.2 Å². The van der Waals surface area contributed by atoms with Gasteiger partial charge >= 0.3 is 0 Å². The van der Waals surface area contributed by atoms with Crippen LogP contribution in [0.2, 0.25) is 0 Å². The van der Waals surface area contributed by atoms with Gasteiger partial charge in [-0.3, -0.25) is 0 Å². The molecular formula is C16H21FN2O+2. The van der Waals surface area contributed by atoms with Gasteiger partial charge in [-0.2, -0.15) is 0 Å². The van der Waals surface area contributed by atoms with Crippen molar-refractivity contribution in [2.75, 3.05) is 26.2 Å². The molecule has 1 aliphatic heterocycles. The van der Waals surface area contributed by atoms with Crippen molar-refractivity contribution in [2.24, 2.45) is 0 Å². The molecule has 0 spiro atoms. The maximum atomic E-state index is 13.6. The monoisotopic (exact) mass is 276 g/mol.